The number of benzene rings is 2. The van der Waals surface area contributed by atoms with Crippen LogP contribution in [0, 0.1) is 17.2 Å². The second-order valence-electron chi connectivity index (χ2n) is 8.80. The maximum atomic E-state index is 13.8. The maximum Gasteiger partial charge on any atom is 0.227 e. The molecule has 2 aliphatic rings. The van der Waals surface area contributed by atoms with Crippen LogP contribution >= 0.6 is 0 Å². The Morgan fingerprint density at radius 1 is 1.03 bits per heavy atom. The normalized spacial score (nSPS) is 26.2. The highest BCUT2D eigenvalue weighted by molar-refractivity contribution is 5.92. The zero-order chi connectivity index (χ0) is 19.8. The van der Waals surface area contributed by atoms with Crippen LogP contribution in [0.5, 0.6) is 0 Å². The van der Waals surface area contributed by atoms with Gasteiger partial charge in [0, 0.05) is 23.2 Å². The smallest absolute Gasteiger partial charge is 0.227 e. The Kier molecular flexibility index (Phi) is 4.57. The topological polar surface area (TPSA) is 42.0 Å². The first-order chi connectivity index (χ1) is 14.1. The fourth-order valence-corrected chi connectivity index (χ4v) is 5.37. The Morgan fingerprint density at radius 2 is 1.79 bits per heavy atom. The molecule has 0 aliphatic heterocycles. The van der Waals surface area contributed by atoms with Crippen LogP contribution in [0.25, 0.3) is 10.9 Å². The molecule has 2 saturated carbocycles. The Morgan fingerprint density at radius 3 is 2.55 bits per heavy atom. The molecular formula is C25H25FN2O. The Balaban J connectivity index is 1.22. The molecule has 1 amide bonds. The van der Waals surface area contributed by atoms with E-state index in [1.54, 1.807) is 12.1 Å². The predicted octanol–water partition coefficient (Wildman–Crippen LogP) is 6.07. The van der Waals surface area contributed by atoms with Gasteiger partial charge in [-0.05, 0) is 91.8 Å². The quantitative estimate of drug-likeness (QED) is 0.592. The molecule has 0 unspecified atom stereocenters. The number of nitrogens with zero attached hydrogens (tertiary/aromatic N) is 1. The van der Waals surface area contributed by atoms with Gasteiger partial charge >= 0.3 is 0 Å². The molecule has 29 heavy (non-hydrogen) atoms. The molecule has 0 saturated heterocycles. The summed E-state index contributed by atoms with van der Waals surface area (Å²) in [4.78, 5) is 17.0. The van der Waals surface area contributed by atoms with Crippen molar-refractivity contribution in [2.75, 3.05) is 5.32 Å². The second-order valence-corrected chi connectivity index (χ2v) is 8.80. The third-order valence-electron chi connectivity index (χ3n) is 6.99. The highest BCUT2D eigenvalue weighted by atomic mass is 19.1. The molecule has 1 spiro atoms. The van der Waals surface area contributed by atoms with Crippen molar-refractivity contribution in [3.05, 3.63) is 72.2 Å². The van der Waals surface area contributed by atoms with E-state index < -0.39 is 0 Å². The van der Waals surface area contributed by atoms with Crippen LogP contribution in [-0.4, -0.2) is 10.9 Å². The number of anilines is 1. The summed E-state index contributed by atoms with van der Waals surface area (Å²) < 4.78 is 13.8. The standard InChI is InChI=1S/C25H25FN2O/c26-19-6-7-23-22(14-19)21(10-13-27-23)18-15-25(16-18)11-8-17(9-12-25)24(29)28-20-4-2-1-3-5-20/h1-7,10,13-14,17-18H,8-9,11-12,15-16H2,(H,28,29). The van der Waals surface area contributed by atoms with E-state index in [4.69, 9.17) is 0 Å². The number of hydrogen-bond acceptors (Lipinski definition) is 2. The van der Waals surface area contributed by atoms with Crippen molar-refractivity contribution in [1.29, 1.82) is 0 Å². The van der Waals surface area contributed by atoms with Gasteiger partial charge in [0.25, 0.3) is 0 Å². The molecule has 0 bridgehead atoms. The molecule has 1 N–H and O–H groups in total. The number of carbonyl (C=O) groups is 1. The zero-order valence-corrected chi connectivity index (χ0v) is 16.4. The number of para-hydroxylation sites is 1. The van der Waals surface area contributed by atoms with E-state index in [0.717, 1.165) is 55.1 Å². The molecule has 3 aromatic rings. The average molecular weight is 388 g/mol. The molecule has 0 atom stereocenters. The number of hydrogen-bond donors (Lipinski definition) is 1. The summed E-state index contributed by atoms with van der Waals surface area (Å²) in [7, 11) is 0. The number of pyridine rings is 1. The lowest BCUT2D eigenvalue weighted by Crippen LogP contribution is -2.41. The van der Waals surface area contributed by atoms with E-state index in [2.05, 4.69) is 16.4 Å². The third kappa shape index (κ3) is 3.52. The largest absolute Gasteiger partial charge is 0.326 e. The highest BCUT2D eigenvalue weighted by Crippen LogP contribution is 2.59. The Labute approximate surface area is 170 Å². The second kappa shape index (κ2) is 7.25. The van der Waals surface area contributed by atoms with Crippen LogP contribution in [0.3, 0.4) is 0 Å². The van der Waals surface area contributed by atoms with Crippen molar-refractivity contribution in [2.45, 2.75) is 44.4 Å². The summed E-state index contributed by atoms with van der Waals surface area (Å²) in [6.45, 7) is 0. The highest BCUT2D eigenvalue weighted by Gasteiger charge is 2.47. The fraction of sp³-hybridized carbons (Fsp3) is 0.360. The van der Waals surface area contributed by atoms with Crippen molar-refractivity contribution < 1.29 is 9.18 Å². The van der Waals surface area contributed by atoms with E-state index in [9.17, 15) is 9.18 Å². The molecule has 1 aromatic heterocycles. The molecule has 4 heteroatoms. The van der Waals surface area contributed by atoms with Gasteiger partial charge in [0.2, 0.25) is 5.91 Å². The summed E-state index contributed by atoms with van der Waals surface area (Å²) in [5.41, 5.74) is 3.32. The lowest BCUT2D eigenvalue weighted by Gasteiger charge is -2.52. The van der Waals surface area contributed by atoms with Crippen LogP contribution in [0.15, 0.2) is 60.8 Å². The minimum atomic E-state index is -0.203. The first-order valence-corrected chi connectivity index (χ1v) is 10.5. The molecule has 5 rings (SSSR count). The fourth-order valence-electron chi connectivity index (χ4n) is 5.37. The first kappa shape index (κ1) is 18.3. The van der Waals surface area contributed by atoms with E-state index >= 15 is 0 Å². The molecule has 148 valence electrons. The van der Waals surface area contributed by atoms with Gasteiger partial charge in [-0.2, -0.15) is 0 Å². The number of halogens is 1. The van der Waals surface area contributed by atoms with Crippen LogP contribution < -0.4 is 5.32 Å². The van der Waals surface area contributed by atoms with Crippen molar-refractivity contribution in [1.82, 2.24) is 4.98 Å². The SMILES string of the molecule is O=C(Nc1ccccc1)C1CCC2(CC1)CC(c1ccnc3ccc(F)cc13)C2. The van der Waals surface area contributed by atoms with E-state index in [1.807, 2.05) is 36.5 Å². The molecule has 0 radical (unpaired) electrons. The minimum Gasteiger partial charge on any atom is -0.326 e. The summed E-state index contributed by atoms with van der Waals surface area (Å²) >= 11 is 0. The molecule has 2 aliphatic carbocycles. The zero-order valence-electron chi connectivity index (χ0n) is 16.4. The number of aromatic nitrogens is 1. The number of rotatable bonds is 3. The lowest BCUT2D eigenvalue weighted by molar-refractivity contribution is -0.122. The molecule has 2 fully saturated rings. The van der Waals surface area contributed by atoms with Gasteiger partial charge in [-0.3, -0.25) is 9.78 Å². The number of fused-ring (bicyclic) bond motifs is 1. The van der Waals surface area contributed by atoms with Crippen molar-refractivity contribution >= 4 is 22.5 Å². The summed E-state index contributed by atoms with van der Waals surface area (Å²) in [5, 5.41) is 4.00. The Hall–Kier alpha value is -2.75. The van der Waals surface area contributed by atoms with Gasteiger partial charge in [0.1, 0.15) is 5.82 Å². The summed E-state index contributed by atoms with van der Waals surface area (Å²) in [6.07, 6.45) is 8.23. The number of carbonyl (C=O) groups excluding carboxylic acids is 1. The molecule has 2 aromatic carbocycles. The van der Waals surface area contributed by atoms with Gasteiger partial charge in [0.05, 0.1) is 5.52 Å². The van der Waals surface area contributed by atoms with E-state index in [1.165, 1.54) is 11.6 Å². The van der Waals surface area contributed by atoms with Crippen molar-refractivity contribution in [3.63, 3.8) is 0 Å². The first-order valence-electron chi connectivity index (χ1n) is 10.5. The minimum absolute atomic E-state index is 0.107. The lowest BCUT2D eigenvalue weighted by atomic mass is 9.53. The monoisotopic (exact) mass is 388 g/mol. The summed E-state index contributed by atoms with van der Waals surface area (Å²) in [5.74, 6) is 0.524. The van der Waals surface area contributed by atoms with Gasteiger partial charge in [-0.1, -0.05) is 18.2 Å². The van der Waals surface area contributed by atoms with Crippen molar-refractivity contribution in [2.24, 2.45) is 11.3 Å². The van der Waals surface area contributed by atoms with Crippen LogP contribution in [0.4, 0.5) is 10.1 Å². The number of amides is 1. The molecule has 1 heterocycles. The molecule has 3 nitrogen and oxygen atoms in total. The van der Waals surface area contributed by atoms with Crippen LogP contribution in [-0.2, 0) is 4.79 Å². The Bertz CT molecular complexity index is 1030. The van der Waals surface area contributed by atoms with Gasteiger partial charge in [0.15, 0.2) is 0 Å². The van der Waals surface area contributed by atoms with Crippen molar-refractivity contribution in [3.8, 4) is 0 Å². The number of nitrogens with one attached hydrogen (secondary N) is 1. The van der Waals surface area contributed by atoms with E-state index in [0.29, 0.717) is 11.3 Å². The van der Waals surface area contributed by atoms with Crippen LogP contribution in [0.1, 0.15) is 50.0 Å². The average Bonchev–Trinajstić information content (AvgIpc) is 2.72. The summed E-state index contributed by atoms with van der Waals surface area (Å²) in [6, 6.07) is 16.6. The van der Waals surface area contributed by atoms with Gasteiger partial charge in [-0.25, -0.2) is 4.39 Å². The predicted molar refractivity (Wildman–Crippen MR) is 113 cm³/mol. The van der Waals surface area contributed by atoms with Gasteiger partial charge < -0.3 is 5.32 Å². The maximum absolute atomic E-state index is 13.8. The molecular weight excluding hydrogens is 363 g/mol. The van der Waals surface area contributed by atoms with E-state index in [-0.39, 0.29) is 17.6 Å². The third-order valence-corrected chi connectivity index (χ3v) is 6.99. The van der Waals surface area contributed by atoms with Gasteiger partial charge in [-0.15, -0.1) is 0 Å². The van der Waals surface area contributed by atoms with Crippen LogP contribution in [0.2, 0.25) is 0 Å².